The summed E-state index contributed by atoms with van der Waals surface area (Å²) in [6, 6.07) is 13.8. The molecule has 4 rings (SSSR count). The maximum absolute atomic E-state index is 15.3. The van der Waals surface area contributed by atoms with Crippen molar-refractivity contribution in [3.8, 4) is 0 Å². The minimum Gasteiger partial charge on any atom is -0.374 e. The number of carbonyl (C=O) groups excluding carboxylic acids is 1. The van der Waals surface area contributed by atoms with E-state index in [9.17, 15) is 4.79 Å². The number of nitrogens with two attached hydrogens (primary N) is 1. The van der Waals surface area contributed by atoms with Crippen molar-refractivity contribution in [3.05, 3.63) is 71.0 Å². The first-order chi connectivity index (χ1) is 15.8. The topological polar surface area (TPSA) is 104 Å². The third-order valence-corrected chi connectivity index (χ3v) is 6.98. The summed E-state index contributed by atoms with van der Waals surface area (Å²) < 4.78 is 21.0. The number of guanidine groups is 1. The molecule has 0 aliphatic carbocycles. The summed E-state index contributed by atoms with van der Waals surface area (Å²) in [4.78, 5) is 19.4. The predicted octanol–water partition coefficient (Wildman–Crippen LogP) is 3.30. The summed E-state index contributed by atoms with van der Waals surface area (Å²) in [5, 5.41) is 11.3. The molecule has 0 spiro atoms. The number of halogens is 1. The van der Waals surface area contributed by atoms with Gasteiger partial charge in [-0.15, -0.1) is 0 Å². The molecule has 1 saturated heterocycles. The van der Waals surface area contributed by atoms with Crippen molar-refractivity contribution < 1.29 is 13.9 Å². The molecule has 0 saturated carbocycles. The van der Waals surface area contributed by atoms with Gasteiger partial charge < -0.3 is 20.7 Å². The van der Waals surface area contributed by atoms with Crippen LogP contribution in [0, 0.1) is 17.1 Å². The van der Waals surface area contributed by atoms with Crippen molar-refractivity contribution >= 4 is 28.8 Å². The van der Waals surface area contributed by atoms with Crippen LogP contribution in [0.4, 0.5) is 4.39 Å². The number of amidine groups is 1. The van der Waals surface area contributed by atoms with Gasteiger partial charge in [-0.2, -0.15) is 0 Å². The van der Waals surface area contributed by atoms with Gasteiger partial charge in [0, 0.05) is 29.3 Å². The SMILES string of the molecule is CC(C)OCc1ccc(F)c(C23CN(C(=N)N)C[C@H]2CSC(NC(=O)c2ccccc2)=N3)c1. The molecular weight excluding hydrogens is 441 g/mol. The molecule has 1 amide bonds. The number of hydrogen-bond donors (Lipinski definition) is 3. The summed E-state index contributed by atoms with van der Waals surface area (Å²) >= 11 is 1.43. The smallest absolute Gasteiger partial charge is 0.257 e. The van der Waals surface area contributed by atoms with Crippen LogP contribution in [0.1, 0.15) is 35.3 Å². The number of likely N-dealkylation sites (tertiary alicyclic amines) is 1. The normalized spacial score (nSPS) is 22.1. The Hall–Kier alpha value is -2.91. The Morgan fingerprint density at radius 2 is 2.12 bits per heavy atom. The molecule has 2 aromatic rings. The van der Waals surface area contributed by atoms with Crippen LogP contribution in [0.25, 0.3) is 0 Å². The average molecular weight is 470 g/mol. The standard InChI is InChI=1S/C24H28FN5O2S/c1-15(2)32-12-16-8-9-20(25)19(10-16)24-14-30(22(26)27)11-18(24)13-33-23(29-24)28-21(31)17-6-4-3-5-7-17/h3-10,15,18H,11-14H2,1-2H3,(H3,26,27)(H,28,29,31)/t18-,24?/m0/s1. The Labute approximate surface area is 197 Å². The van der Waals surface area contributed by atoms with E-state index in [2.05, 4.69) is 5.32 Å². The van der Waals surface area contributed by atoms with Gasteiger partial charge in [0.15, 0.2) is 11.1 Å². The van der Waals surface area contributed by atoms with Gasteiger partial charge in [0.1, 0.15) is 11.4 Å². The Morgan fingerprint density at radius 3 is 2.82 bits per heavy atom. The molecule has 0 bridgehead atoms. The zero-order valence-corrected chi connectivity index (χ0v) is 19.5. The number of ether oxygens (including phenoxy) is 1. The van der Waals surface area contributed by atoms with Crippen LogP contribution in [0.5, 0.6) is 0 Å². The van der Waals surface area contributed by atoms with Crippen LogP contribution < -0.4 is 11.1 Å². The Kier molecular flexibility index (Phi) is 6.71. The lowest BCUT2D eigenvalue weighted by Gasteiger charge is -2.36. The third kappa shape index (κ3) is 4.89. The van der Waals surface area contributed by atoms with E-state index in [-0.39, 0.29) is 36.3 Å². The minimum atomic E-state index is -0.964. The largest absolute Gasteiger partial charge is 0.374 e. The number of benzene rings is 2. The van der Waals surface area contributed by atoms with Crippen molar-refractivity contribution in [2.24, 2.45) is 16.6 Å². The van der Waals surface area contributed by atoms with Crippen molar-refractivity contribution in [1.29, 1.82) is 5.41 Å². The fourth-order valence-corrected chi connectivity index (χ4v) is 5.37. The van der Waals surface area contributed by atoms with Gasteiger partial charge in [-0.05, 0) is 43.7 Å². The van der Waals surface area contributed by atoms with Gasteiger partial charge in [0.25, 0.3) is 5.91 Å². The van der Waals surface area contributed by atoms with Gasteiger partial charge in [-0.25, -0.2) is 9.38 Å². The summed E-state index contributed by atoms with van der Waals surface area (Å²) in [5.74, 6) is -0.165. The molecule has 7 nitrogen and oxygen atoms in total. The Balaban J connectivity index is 1.72. The predicted molar refractivity (Wildman–Crippen MR) is 129 cm³/mol. The van der Waals surface area contributed by atoms with Crippen LogP contribution in [-0.4, -0.2) is 46.9 Å². The minimum absolute atomic E-state index is 0.0491. The molecule has 2 aromatic carbocycles. The molecule has 2 heterocycles. The molecule has 174 valence electrons. The van der Waals surface area contributed by atoms with Gasteiger partial charge in [-0.1, -0.05) is 36.0 Å². The van der Waals surface area contributed by atoms with Gasteiger partial charge in [-0.3, -0.25) is 10.2 Å². The number of aliphatic imine (C=N–C) groups is 1. The maximum Gasteiger partial charge on any atom is 0.257 e. The Bertz CT molecular complexity index is 1080. The number of fused-ring (bicyclic) bond motifs is 1. The fraction of sp³-hybridized carbons (Fsp3) is 0.375. The van der Waals surface area contributed by atoms with Crippen molar-refractivity contribution in [3.63, 3.8) is 0 Å². The van der Waals surface area contributed by atoms with Crippen molar-refractivity contribution in [2.45, 2.75) is 32.1 Å². The first-order valence-corrected chi connectivity index (χ1v) is 11.9. The highest BCUT2D eigenvalue weighted by Crippen LogP contribution is 2.46. The zero-order valence-electron chi connectivity index (χ0n) is 18.7. The van der Waals surface area contributed by atoms with Gasteiger partial charge in [0.2, 0.25) is 0 Å². The molecule has 0 radical (unpaired) electrons. The van der Waals surface area contributed by atoms with E-state index in [1.807, 2.05) is 19.9 Å². The summed E-state index contributed by atoms with van der Waals surface area (Å²) in [5.41, 5.74) is 6.64. The van der Waals surface area contributed by atoms with Crippen LogP contribution >= 0.6 is 11.8 Å². The lowest BCUT2D eigenvalue weighted by atomic mass is 9.81. The quantitative estimate of drug-likeness (QED) is 0.461. The maximum atomic E-state index is 15.3. The number of carbonyl (C=O) groups is 1. The van der Waals surface area contributed by atoms with E-state index in [1.54, 1.807) is 41.3 Å². The van der Waals surface area contributed by atoms with Crippen LogP contribution in [0.3, 0.4) is 0 Å². The lowest BCUT2D eigenvalue weighted by molar-refractivity contribution is 0.0655. The molecule has 9 heteroatoms. The summed E-state index contributed by atoms with van der Waals surface area (Å²) in [6.07, 6.45) is 0.0491. The van der Waals surface area contributed by atoms with E-state index in [4.69, 9.17) is 20.9 Å². The summed E-state index contributed by atoms with van der Waals surface area (Å²) in [7, 11) is 0. The Morgan fingerprint density at radius 1 is 1.36 bits per heavy atom. The number of thioether (sulfide) groups is 1. The molecular formula is C24H28FN5O2S. The number of nitrogens with zero attached hydrogens (tertiary/aromatic N) is 2. The first kappa shape index (κ1) is 23.3. The van der Waals surface area contributed by atoms with Gasteiger partial charge >= 0.3 is 0 Å². The molecule has 33 heavy (non-hydrogen) atoms. The highest BCUT2D eigenvalue weighted by atomic mass is 32.2. The third-order valence-electron chi connectivity index (χ3n) is 5.95. The highest BCUT2D eigenvalue weighted by Gasteiger charge is 2.52. The summed E-state index contributed by atoms with van der Waals surface area (Å²) in [6.45, 7) is 5.02. The molecule has 4 N–H and O–H groups in total. The number of rotatable bonds is 5. The second-order valence-electron chi connectivity index (χ2n) is 8.61. The molecule has 2 aliphatic heterocycles. The first-order valence-electron chi connectivity index (χ1n) is 10.9. The molecule has 1 fully saturated rings. The lowest BCUT2D eigenvalue weighted by Crippen LogP contribution is -2.43. The van der Waals surface area contributed by atoms with Crippen LogP contribution in [0.2, 0.25) is 0 Å². The molecule has 0 aromatic heterocycles. The number of amides is 1. The molecule has 1 unspecified atom stereocenters. The van der Waals surface area contributed by atoms with E-state index in [0.717, 1.165) is 5.56 Å². The van der Waals surface area contributed by atoms with Crippen molar-refractivity contribution in [2.75, 3.05) is 18.8 Å². The van der Waals surface area contributed by atoms with Crippen LogP contribution in [0.15, 0.2) is 53.5 Å². The highest BCUT2D eigenvalue weighted by molar-refractivity contribution is 8.13. The molecule has 2 aliphatic rings. The van der Waals surface area contributed by atoms with E-state index in [1.165, 1.54) is 17.8 Å². The number of hydrogen-bond acceptors (Lipinski definition) is 5. The second kappa shape index (κ2) is 9.52. The van der Waals surface area contributed by atoms with Crippen LogP contribution in [-0.2, 0) is 16.9 Å². The fourth-order valence-electron chi connectivity index (χ4n) is 4.24. The zero-order chi connectivity index (χ0) is 23.6. The average Bonchev–Trinajstić information content (AvgIpc) is 3.19. The van der Waals surface area contributed by atoms with E-state index >= 15 is 4.39 Å². The van der Waals surface area contributed by atoms with E-state index in [0.29, 0.717) is 35.2 Å². The second-order valence-corrected chi connectivity index (χ2v) is 9.62. The van der Waals surface area contributed by atoms with Gasteiger partial charge in [0.05, 0.1) is 19.3 Å². The van der Waals surface area contributed by atoms with E-state index < -0.39 is 5.54 Å². The molecule has 2 atom stereocenters. The van der Waals surface area contributed by atoms with Crippen molar-refractivity contribution in [1.82, 2.24) is 10.2 Å². The number of nitrogens with one attached hydrogen (secondary N) is 2. The monoisotopic (exact) mass is 469 g/mol.